The van der Waals surface area contributed by atoms with Crippen LogP contribution in [-0.4, -0.2) is 27.4 Å². The van der Waals surface area contributed by atoms with Crippen molar-refractivity contribution in [3.05, 3.63) is 77.7 Å². The maximum absolute atomic E-state index is 14.1. The number of nitrogens with two attached hydrogens (primary N) is 1. The van der Waals surface area contributed by atoms with E-state index in [1.165, 1.54) is 24.3 Å². The molecule has 1 unspecified atom stereocenters. The Bertz CT molecular complexity index is 923. The molecule has 0 fully saturated rings. The lowest BCUT2D eigenvalue weighted by Gasteiger charge is -2.24. The highest BCUT2D eigenvalue weighted by Crippen LogP contribution is 2.25. The van der Waals surface area contributed by atoms with Crippen molar-refractivity contribution in [2.75, 3.05) is 6.61 Å². The number of carbonyl (C=O) groups is 1. The third-order valence-corrected chi connectivity index (χ3v) is 3.91. The van der Waals surface area contributed by atoms with Crippen LogP contribution in [0.4, 0.5) is 4.39 Å². The standard InChI is InChI=1S/C19H18FN3O3/c1-19(25,13-7-3-2-4-8-13)12-26-17-11-15(18(21)24)22-23(17)16-10-6-5-9-14(16)20/h2-11,25H,12H2,1H3,(H2,21,24). The number of rotatable bonds is 6. The number of nitrogens with zero attached hydrogens (tertiary/aromatic N) is 2. The predicted octanol–water partition coefficient (Wildman–Crippen LogP) is 2.40. The number of hydrogen-bond donors (Lipinski definition) is 2. The second-order valence-electron chi connectivity index (χ2n) is 6.02. The van der Waals surface area contributed by atoms with Crippen molar-refractivity contribution >= 4 is 5.91 Å². The molecule has 0 saturated carbocycles. The number of aliphatic hydroxyl groups is 1. The van der Waals surface area contributed by atoms with Crippen LogP contribution in [0.25, 0.3) is 5.69 Å². The van der Waals surface area contributed by atoms with Crippen molar-refractivity contribution in [1.29, 1.82) is 0 Å². The average Bonchev–Trinajstić information content (AvgIpc) is 3.06. The molecule has 1 heterocycles. The van der Waals surface area contributed by atoms with E-state index >= 15 is 0 Å². The highest BCUT2D eigenvalue weighted by atomic mass is 19.1. The molecule has 1 amide bonds. The molecule has 3 aromatic rings. The third-order valence-electron chi connectivity index (χ3n) is 3.91. The zero-order valence-corrected chi connectivity index (χ0v) is 14.1. The Morgan fingerprint density at radius 2 is 1.88 bits per heavy atom. The van der Waals surface area contributed by atoms with Gasteiger partial charge in [0, 0.05) is 6.07 Å². The van der Waals surface area contributed by atoms with Gasteiger partial charge in [-0.1, -0.05) is 42.5 Å². The number of carbonyl (C=O) groups excluding carboxylic acids is 1. The molecule has 1 aromatic heterocycles. The van der Waals surface area contributed by atoms with Crippen molar-refractivity contribution in [3.63, 3.8) is 0 Å². The Hall–Kier alpha value is -3.19. The Labute approximate surface area is 149 Å². The fourth-order valence-electron chi connectivity index (χ4n) is 2.48. The number of para-hydroxylation sites is 1. The summed E-state index contributed by atoms with van der Waals surface area (Å²) in [5, 5.41) is 14.7. The maximum atomic E-state index is 14.1. The van der Waals surface area contributed by atoms with Gasteiger partial charge in [0.15, 0.2) is 5.69 Å². The predicted molar refractivity (Wildman–Crippen MR) is 93.5 cm³/mol. The lowest BCUT2D eigenvalue weighted by atomic mass is 9.97. The van der Waals surface area contributed by atoms with Crippen LogP contribution in [0, 0.1) is 5.82 Å². The first kappa shape index (κ1) is 17.6. The van der Waals surface area contributed by atoms with Crippen LogP contribution in [-0.2, 0) is 5.60 Å². The highest BCUT2D eigenvalue weighted by Gasteiger charge is 2.26. The molecule has 0 spiro atoms. The number of amides is 1. The Kier molecular flexibility index (Phi) is 4.73. The molecule has 0 radical (unpaired) electrons. The van der Waals surface area contributed by atoms with Crippen molar-refractivity contribution in [2.45, 2.75) is 12.5 Å². The van der Waals surface area contributed by atoms with Crippen LogP contribution >= 0.6 is 0 Å². The van der Waals surface area contributed by atoms with Crippen molar-refractivity contribution in [2.24, 2.45) is 5.73 Å². The van der Waals surface area contributed by atoms with E-state index < -0.39 is 17.3 Å². The quantitative estimate of drug-likeness (QED) is 0.710. The summed E-state index contributed by atoms with van der Waals surface area (Å²) in [6, 6.07) is 16.2. The SMILES string of the molecule is CC(O)(COc1cc(C(N)=O)nn1-c1ccccc1F)c1ccccc1. The van der Waals surface area contributed by atoms with Gasteiger partial charge in [0.05, 0.1) is 0 Å². The van der Waals surface area contributed by atoms with E-state index in [4.69, 9.17) is 10.5 Å². The van der Waals surface area contributed by atoms with Gasteiger partial charge in [-0.15, -0.1) is 0 Å². The minimum Gasteiger partial charge on any atom is -0.474 e. The van der Waals surface area contributed by atoms with Gasteiger partial charge >= 0.3 is 0 Å². The molecule has 6 nitrogen and oxygen atoms in total. The van der Waals surface area contributed by atoms with Crippen LogP contribution in [0.15, 0.2) is 60.7 Å². The molecule has 134 valence electrons. The summed E-state index contributed by atoms with van der Waals surface area (Å²) in [4.78, 5) is 11.5. The van der Waals surface area contributed by atoms with Gasteiger partial charge in [0.25, 0.3) is 5.91 Å². The molecule has 0 aliphatic rings. The van der Waals surface area contributed by atoms with Crippen LogP contribution in [0.1, 0.15) is 23.0 Å². The fraction of sp³-hybridized carbons (Fsp3) is 0.158. The van der Waals surface area contributed by atoms with Crippen molar-refractivity contribution in [3.8, 4) is 11.6 Å². The molecule has 0 aliphatic carbocycles. The number of ether oxygens (including phenoxy) is 1. The van der Waals surface area contributed by atoms with E-state index in [2.05, 4.69) is 5.10 Å². The lowest BCUT2D eigenvalue weighted by molar-refractivity contribution is 0.00526. The summed E-state index contributed by atoms with van der Waals surface area (Å²) in [5.74, 6) is -1.20. The van der Waals surface area contributed by atoms with E-state index in [-0.39, 0.29) is 23.9 Å². The van der Waals surface area contributed by atoms with Gasteiger partial charge < -0.3 is 15.6 Å². The van der Waals surface area contributed by atoms with Crippen molar-refractivity contribution < 1.29 is 19.0 Å². The fourth-order valence-corrected chi connectivity index (χ4v) is 2.48. The lowest BCUT2D eigenvalue weighted by Crippen LogP contribution is -2.29. The van der Waals surface area contributed by atoms with Crippen molar-refractivity contribution in [1.82, 2.24) is 9.78 Å². The largest absolute Gasteiger partial charge is 0.474 e. The molecule has 0 bridgehead atoms. The minimum atomic E-state index is -1.29. The van der Waals surface area contributed by atoms with E-state index in [1.54, 1.807) is 37.3 Å². The number of halogens is 1. The van der Waals surface area contributed by atoms with Crippen LogP contribution in [0.3, 0.4) is 0 Å². The first-order chi connectivity index (χ1) is 12.4. The van der Waals surface area contributed by atoms with Crippen LogP contribution in [0.5, 0.6) is 5.88 Å². The van der Waals surface area contributed by atoms with Crippen LogP contribution in [0.2, 0.25) is 0 Å². The van der Waals surface area contributed by atoms with E-state index in [1.807, 2.05) is 6.07 Å². The van der Waals surface area contributed by atoms with Gasteiger partial charge in [-0.3, -0.25) is 4.79 Å². The number of hydrogen-bond acceptors (Lipinski definition) is 4. The number of aromatic nitrogens is 2. The molecule has 26 heavy (non-hydrogen) atoms. The second-order valence-corrected chi connectivity index (χ2v) is 6.02. The monoisotopic (exact) mass is 355 g/mol. The summed E-state index contributed by atoms with van der Waals surface area (Å²) in [5.41, 5.74) is 4.68. The first-order valence-corrected chi connectivity index (χ1v) is 7.94. The molecule has 7 heteroatoms. The van der Waals surface area contributed by atoms with Gasteiger partial charge in [-0.05, 0) is 24.6 Å². The smallest absolute Gasteiger partial charge is 0.269 e. The Morgan fingerprint density at radius 3 is 2.54 bits per heavy atom. The average molecular weight is 355 g/mol. The Balaban J connectivity index is 1.92. The molecule has 0 aliphatic heterocycles. The molecular formula is C19H18FN3O3. The number of primary amides is 1. The van der Waals surface area contributed by atoms with Gasteiger partial charge in [-0.25, -0.2) is 4.39 Å². The molecular weight excluding hydrogens is 337 g/mol. The van der Waals surface area contributed by atoms with Gasteiger partial charge in [-0.2, -0.15) is 9.78 Å². The molecule has 3 N–H and O–H groups in total. The molecule has 1 atom stereocenters. The summed E-state index contributed by atoms with van der Waals surface area (Å²) in [6.07, 6.45) is 0. The van der Waals surface area contributed by atoms with E-state index in [0.717, 1.165) is 4.68 Å². The normalized spacial score (nSPS) is 13.2. The zero-order chi connectivity index (χ0) is 18.7. The summed E-state index contributed by atoms with van der Waals surface area (Å²) < 4.78 is 20.9. The minimum absolute atomic E-state index is 0.0670. The van der Waals surface area contributed by atoms with E-state index in [0.29, 0.717) is 5.56 Å². The maximum Gasteiger partial charge on any atom is 0.269 e. The summed E-state index contributed by atoms with van der Waals surface area (Å²) >= 11 is 0. The first-order valence-electron chi connectivity index (χ1n) is 7.94. The summed E-state index contributed by atoms with van der Waals surface area (Å²) in [7, 11) is 0. The summed E-state index contributed by atoms with van der Waals surface area (Å²) in [6.45, 7) is 1.47. The molecule has 0 saturated heterocycles. The molecule has 3 rings (SSSR count). The zero-order valence-electron chi connectivity index (χ0n) is 14.1. The van der Waals surface area contributed by atoms with Gasteiger partial charge in [0.1, 0.15) is 23.7 Å². The van der Waals surface area contributed by atoms with Crippen LogP contribution < -0.4 is 10.5 Å². The molecule has 2 aromatic carbocycles. The van der Waals surface area contributed by atoms with Gasteiger partial charge in [0.2, 0.25) is 5.88 Å². The Morgan fingerprint density at radius 1 is 1.23 bits per heavy atom. The number of benzene rings is 2. The second kappa shape index (κ2) is 6.97. The third kappa shape index (κ3) is 3.57. The topological polar surface area (TPSA) is 90.4 Å². The highest BCUT2D eigenvalue weighted by molar-refractivity contribution is 5.91. The van der Waals surface area contributed by atoms with E-state index in [9.17, 15) is 14.3 Å².